The topological polar surface area (TPSA) is 117 Å². The molecular weight excluding hydrogens is 468 g/mol. The minimum atomic E-state index is 0.304. The Kier molecular flexibility index (Phi) is 7.60. The van der Waals surface area contributed by atoms with Crippen molar-refractivity contribution in [2.45, 2.75) is 25.7 Å². The maximum absolute atomic E-state index is 6.22. The molecule has 188 valence electrons. The van der Waals surface area contributed by atoms with Gasteiger partial charge in [-0.3, -0.25) is 4.90 Å². The number of methoxy groups -OCH3 is 1. The molecule has 2 aliphatic rings. The van der Waals surface area contributed by atoms with Gasteiger partial charge in [-0.2, -0.15) is 9.67 Å². The highest BCUT2D eigenvalue weighted by molar-refractivity contribution is 7.17. The molecule has 1 aromatic carbocycles. The molecule has 0 unspecified atom stereocenters. The van der Waals surface area contributed by atoms with Crippen LogP contribution in [-0.4, -0.2) is 89.5 Å². The van der Waals surface area contributed by atoms with Crippen molar-refractivity contribution in [3.8, 4) is 27.2 Å². The lowest BCUT2D eigenvalue weighted by molar-refractivity contribution is 0.0357. The number of morpholine rings is 1. The lowest BCUT2D eigenvalue weighted by atomic mass is 10.1. The van der Waals surface area contributed by atoms with E-state index in [1.807, 2.05) is 18.2 Å². The Hall–Kier alpha value is -2.96. The number of nitrogens with zero attached hydrogens (tertiary/aromatic N) is 7. The summed E-state index contributed by atoms with van der Waals surface area (Å²) in [4.78, 5) is 9.03. The molecule has 2 aliphatic heterocycles. The van der Waals surface area contributed by atoms with Crippen molar-refractivity contribution in [1.29, 1.82) is 0 Å². The van der Waals surface area contributed by atoms with E-state index in [2.05, 4.69) is 30.1 Å². The second kappa shape index (κ2) is 11.2. The predicted octanol–water partition coefficient (Wildman–Crippen LogP) is 2.47. The quantitative estimate of drug-likeness (QED) is 0.439. The van der Waals surface area contributed by atoms with Crippen LogP contribution in [0.4, 0.5) is 11.9 Å². The second-order valence-corrected chi connectivity index (χ2v) is 9.57. The monoisotopic (exact) mass is 500 g/mol. The number of rotatable bonds is 9. The van der Waals surface area contributed by atoms with Crippen molar-refractivity contribution in [2.24, 2.45) is 0 Å². The van der Waals surface area contributed by atoms with E-state index >= 15 is 0 Å². The van der Waals surface area contributed by atoms with Gasteiger partial charge in [0.25, 0.3) is 0 Å². The predicted molar refractivity (Wildman–Crippen MR) is 135 cm³/mol. The smallest absolute Gasteiger partial charge is 0.247 e. The van der Waals surface area contributed by atoms with E-state index < -0.39 is 0 Å². The highest BCUT2D eigenvalue weighted by atomic mass is 32.1. The molecular formula is C23H32N8O3S. The molecule has 2 fully saturated rings. The Bertz CT molecular complexity index is 1110. The van der Waals surface area contributed by atoms with Crippen molar-refractivity contribution in [3.63, 3.8) is 0 Å². The first-order valence-corrected chi connectivity index (χ1v) is 13.0. The van der Waals surface area contributed by atoms with E-state index in [9.17, 15) is 0 Å². The number of ether oxygens (including phenoxy) is 3. The van der Waals surface area contributed by atoms with Crippen molar-refractivity contribution in [1.82, 2.24) is 29.9 Å². The third-order valence-corrected chi connectivity index (χ3v) is 7.19. The van der Waals surface area contributed by atoms with Gasteiger partial charge in [-0.1, -0.05) is 17.4 Å². The van der Waals surface area contributed by atoms with Gasteiger partial charge in [0, 0.05) is 32.7 Å². The van der Waals surface area contributed by atoms with Crippen LogP contribution in [-0.2, 0) is 4.74 Å². The Balaban J connectivity index is 1.31. The zero-order valence-electron chi connectivity index (χ0n) is 20.1. The fourth-order valence-electron chi connectivity index (χ4n) is 4.37. The van der Waals surface area contributed by atoms with Gasteiger partial charge in [0.1, 0.15) is 0 Å². The molecule has 0 spiro atoms. The molecule has 12 heteroatoms. The zero-order valence-corrected chi connectivity index (χ0v) is 20.9. The fourth-order valence-corrected chi connectivity index (χ4v) is 5.20. The Labute approximate surface area is 208 Å². The van der Waals surface area contributed by atoms with E-state index in [0.29, 0.717) is 40.1 Å². The second-order valence-electron chi connectivity index (χ2n) is 8.61. The maximum Gasteiger partial charge on any atom is 0.247 e. The summed E-state index contributed by atoms with van der Waals surface area (Å²) in [5.41, 5.74) is 7.02. The number of nitrogen functional groups attached to an aromatic ring is 1. The molecule has 0 amide bonds. The summed E-state index contributed by atoms with van der Waals surface area (Å²) in [6.45, 7) is 6.98. The summed E-state index contributed by atoms with van der Waals surface area (Å²) < 4.78 is 18.8. The van der Waals surface area contributed by atoms with Crippen LogP contribution in [0, 0.1) is 0 Å². The number of piperidine rings is 1. The van der Waals surface area contributed by atoms with Gasteiger partial charge in [-0.05, 0) is 37.8 Å². The van der Waals surface area contributed by atoms with Crippen LogP contribution in [0.3, 0.4) is 0 Å². The number of hydrogen-bond acceptors (Lipinski definition) is 11. The van der Waals surface area contributed by atoms with Crippen LogP contribution in [0.2, 0.25) is 0 Å². The summed E-state index contributed by atoms with van der Waals surface area (Å²) in [6.07, 6.45) is 4.43. The van der Waals surface area contributed by atoms with E-state index in [4.69, 9.17) is 19.9 Å². The van der Waals surface area contributed by atoms with Crippen LogP contribution in [0.1, 0.15) is 25.7 Å². The van der Waals surface area contributed by atoms with Crippen LogP contribution in [0.5, 0.6) is 11.5 Å². The first kappa shape index (κ1) is 23.8. The minimum absolute atomic E-state index is 0.304. The largest absolute Gasteiger partial charge is 0.493 e. The molecule has 35 heavy (non-hydrogen) atoms. The summed E-state index contributed by atoms with van der Waals surface area (Å²) in [5, 5.41) is 14.7. The van der Waals surface area contributed by atoms with Crippen molar-refractivity contribution >= 4 is 23.2 Å². The summed E-state index contributed by atoms with van der Waals surface area (Å²) in [6, 6.07) is 5.78. The molecule has 2 aromatic heterocycles. The van der Waals surface area contributed by atoms with Crippen LogP contribution in [0.15, 0.2) is 18.2 Å². The number of para-hydroxylation sites is 1. The first-order chi connectivity index (χ1) is 17.2. The summed E-state index contributed by atoms with van der Waals surface area (Å²) >= 11 is 1.39. The van der Waals surface area contributed by atoms with Crippen LogP contribution < -0.4 is 20.1 Å². The fraction of sp³-hybridized carbons (Fsp3) is 0.565. The average molecular weight is 501 g/mol. The van der Waals surface area contributed by atoms with E-state index in [1.165, 1.54) is 17.8 Å². The van der Waals surface area contributed by atoms with Gasteiger partial charge in [0.2, 0.25) is 17.0 Å². The van der Waals surface area contributed by atoms with Crippen molar-refractivity contribution in [2.75, 3.05) is 70.3 Å². The lowest BCUT2D eigenvalue weighted by Crippen LogP contribution is -2.37. The number of nitrogens with two attached hydrogens (primary N) is 1. The molecule has 3 aromatic rings. The van der Waals surface area contributed by atoms with E-state index in [-0.39, 0.29) is 0 Å². The highest BCUT2D eigenvalue weighted by Gasteiger charge is 2.22. The first-order valence-electron chi connectivity index (χ1n) is 12.1. The molecule has 11 nitrogen and oxygen atoms in total. The van der Waals surface area contributed by atoms with Gasteiger partial charge in [0.15, 0.2) is 16.5 Å². The van der Waals surface area contributed by atoms with E-state index in [0.717, 1.165) is 70.8 Å². The van der Waals surface area contributed by atoms with Gasteiger partial charge in [0.05, 0.1) is 32.5 Å². The molecule has 4 heterocycles. The normalized spacial score (nSPS) is 17.0. The third kappa shape index (κ3) is 5.49. The molecule has 0 bridgehead atoms. The molecule has 2 saturated heterocycles. The van der Waals surface area contributed by atoms with Crippen LogP contribution >= 0.6 is 11.3 Å². The molecule has 0 atom stereocenters. The molecule has 2 N–H and O–H groups in total. The Morgan fingerprint density at radius 1 is 1.09 bits per heavy atom. The SMILES string of the molecule is COc1cccc(-c2nnc(-n3nc(N4CCCCC4)nc3N)s2)c1OCCCN1CCOCC1. The maximum atomic E-state index is 6.22. The van der Waals surface area contributed by atoms with Gasteiger partial charge in [-0.15, -0.1) is 15.3 Å². The van der Waals surface area contributed by atoms with Gasteiger partial charge in [-0.25, -0.2) is 0 Å². The zero-order chi connectivity index (χ0) is 24.0. The number of anilines is 2. The molecule has 0 radical (unpaired) electrons. The minimum Gasteiger partial charge on any atom is -0.493 e. The van der Waals surface area contributed by atoms with Gasteiger partial charge < -0.3 is 24.8 Å². The number of benzene rings is 1. The third-order valence-electron chi connectivity index (χ3n) is 6.25. The van der Waals surface area contributed by atoms with E-state index in [1.54, 1.807) is 11.8 Å². The lowest BCUT2D eigenvalue weighted by Gasteiger charge is -2.26. The standard InChI is InChI=1S/C23H32N8O3S/c1-32-18-8-5-7-17(19(18)34-14-6-9-29-12-15-33-16-13-29)20-26-27-23(35-20)31-21(24)25-22(28-31)30-10-3-2-4-11-30/h5,7-8H,2-4,6,9-16H2,1H3,(H2,24,25,28). The average Bonchev–Trinajstić information content (AvgIpc) is 3.54. The Morgan fingerprint density at radius 2 is 1.91 bits per heavy atom. The number of aromatic nitrogens is 5. The highest BCUT2D eigenvalue weighted by Crippen LogP contribution is 2.40. The van der Waals surface area contributed by atoms with Crippen molar-refractivity contribution < 1.29 is 14.2 Å². The molecule has 0 aliphatic carbocycles. The summed E-state index contributed by atoms with van der Waals surface area (Å²) in [5.74, 6) is 2.28. The van der Waals surface area contributed by atoms with Crippen molar-refractivity contribution in [3.05, 3.63) is 18.2 Å². The Morgan fingerprint density at radius 3 is 2.71 bits per heavy atom. The van der Waals surface area contributed by atoms with Gasteiger partial charge >= 0.3 is 0 Å². The van der Waals surface area contributed by atoms with Crippen LogP contribution in [0.25, 0.3) is 15.7 Å². The number of hydrogen-bond donors (Lipinski definition) is 1. The molecule has 0 saturated carbocycles. The molecule has 5 rings (SSSR count). The summed E-state index contributed by atoms with van der Waals surface area (Å²) in [7, 11) is 1.64.